The van der Waals surface area contributed by atoms with Crippen molar-refractivity contribution in [2.45, 2.75) is 44.8 Å². The summed E-state index contributed by atoms with van der Waals surface area (Å²) < 4.78 is 1.52. The van der Waals surface area contributed by atoms with Gasteiger partial charge in [0.2, 0.25) is 5.82 Å². The lowest BCUT2D eigenvalue weighted by Crippen LogP contribution is -2.44. The molecule has 2 rings (SSSR count). The van der Waals surface area contributed by atoms with E-state index in [1.165, 1.54) is 4.68 Å². The number of aryl methyl sites for hydroxylation is 2. The zero-order valence-corrected chi connectivity index (χ0v) is 11.5. The van der Waals surface area contributed by atoms with Crippen LogP contribution in [0.2, 0.25) is 0 Å². The molecule has 1 N–H and O–H groups in total. The number of anilines is 1. The van der Waals surface area contributed by atoms with Crippen molar-refractivity contribution in [3.63, 3.8) is 0 Å². The molecule has 2 atom stereocenters. The van der Waals surface area contributed by atoms with Crippen molar-refractivity contribution in [3.8, 4) is 0 Å². The van der Waals surface area contributed by atoms with E-state index >= 15 is 0 Å². The lowest BCUT2D eigenvalue weighted by molar-refractivity contribution is -0.384. The molecule has 1 heterocycles. The minimum atomic E-state index is -0.437. The molecule has 0 amide bonds. The van der Waals surface area contributed by atoms with Gasteiger partial charge in [0, 0.05) is 14.1 Å². The van der Waals surface area contributed by atoms with E-state index in [0.29, 0.717) is 11.5 Å². The Morgan fingerprint density at radius 2 is 2.11 bits per heavy atom. The van der Waals surface area contributed by atoms with Gasteiger partial charge in [-0.25, -0.2) is 4.68 Å². The predicted molar refractivity (Wildman–Crippen MR) is 71.3 cm³/mol. The van der Waals surface area contributed by atoms with Crippen molar-refractivity contribution in [3.05, 3.63) is 15.8 Å². The van der Waals surface area contributed by atoms with Crippen molar-refractivity contribution >= 4 is 11.5 Å². The highest BCUT2D eigenvalue weighted by atomic mass is 16.6. The molecule has 19 heavy (non-hydrogen) atoms. The molecule has 1 aliphatic carbocycles. The molecule has 2 unspecified atom stereocenters. The second-order valence-electron chi connectivity index (χ2n) is 5.17. The van der Waals surface area contributed by atoms with Gasteiger partial charge in [-0.2, -0.15) is 5.10 Å². The van der Waals surface area contributed by atoms with E-state index in [9.17, 15) is 15.2 Å². The zero-order valence-electron chi connectivity index (χ0n) is 11.5. The van der Waals surface area contributed by atoms with Gasteiger partial charge < -0.3 is 10.0 Å². The van der Waals surface area contributed by atoms with Gasteiger partial charge >= 0.3 is 5.69 Å². The predicted octanol–water partition coefficient (Wildman–Crippen LogP) is 1.38. The first-order chi connectivity index (χ1) is 8.93. The average Bonchev–Trinajstić information content (AvgIpc) is 2.64. The number of aliphatic hydroxyl groups excluding tert-OH is 1. The van der Waals surface area contributed by atoms with Crippen molar-refractivity contribution in [2.24, 2.45) is 7.05 Å². The Morgan fingerprint density at radius 1 is 1.47 bits per heavy atom. The molecule has 1 aromatic rings. The second kappa shape index (κ2) is 5.16. The number of hydrogen-bond donors (Lipinski definition) is 1. The van der Waals surface area contributed by atoms with E-state index < -0.39 is 11.0 Å². The fourth-order valence-electron chi connectivity index (χ4n) is 2.94. The van der Waals surface area contributed by atoms with Gasteiger partial charge in [0.15, 0.2) is 0 Å². The van der Waals surface area contributed by atoms with Crippen molar-refractivity contribution in [1.82, 2.24) is 9.78 Å². The van der Waals surface area contributed by atoms with Crippen LogP contribution in [0.25, 0.3) is 0 Å². The molecule has 7 heteroatoms. The van der Waals surface area contributed by atoms with E-state index in [4.69, 9.17) is 0 Å². The summed E-state index contributed by atoms with van der Waals surface area (Å²) in [4.78, 5) is 12.6. The van der Waals surface area contributed by atoms with Crippen LogP contribution in [0.1, 0.15) is 31.4 Å². The summed E-state index contributed by atoms with van der Waals surface area (Å²) >= 11 is 0. The summed E-state index contributed by atoms with van der Waals surface area (Å²) in [6.07, 6.45) is 3.21. The topological polar surface area (TPSA) is 84.4 Å². The quantitative estimate of drug-likeness (QED) is 0.661. The van der Waals surface area contributed by atoms with Crippen LogP contribution in [0.15, 0.2) is 0 Å². The summed E-state index contributed by atoms with van der Waals surface area (Å²) in [6.45, 7) is 1.63. The molecule has 1 saturated carbocycles. The van der Waals surface area contributed by atoms with Crippen LogP contribution in [0.4, 0.5) is 11.5 Å². The number of aromatic nitrogens is 2. The van der Waals surface area contributed by atoms with Crippen LogP contribution in [0, 0.1) is 17.0 Å². The smallest absolute Gasteiger partial charge is 0.333 e. The standard InChI is InChI=1S/C12H20N4O3/c1-8-11(16(18)19)12(15(3)13-8)14(2)9-6-4-5-7-10(9)17/h9-10,17H,4-7H2,1-3H3. The van der Waals surface area contributed by atoms with Gasteiger partial charge in [-0.1, -0.05) is 12.8 Å². The molecular weight excluding hydrogens is 248 g/mol. The number of rotatable bonds is 3. The maximum absolute atomic E-state index is 11.2. The van der Waals surface area contributed by atoms with E-state index in [-0.39, 0.29) is 11.7 Å². The second-order valence-corrected chi connectivity index (χ2v) is 5.17. The number of hydrogen-bond acceptors (Lipinski definition) is 5. The molecular formula is C12H20N4O3. The Morgan fingerprint density at radius 3 is 2.68 bits per heavy atom. The van der Waals surface area contributed by atoms with Gasteiger partial charge in [0.05, 0.1) is 17.1 Å². The molecule has 7 nitrogen and oxygen atoms in total. The summed E-state index contributed by atoms with van der Waals surface area (Å²) in [5, 5.41) is 25.4. The molecule has 0 radical (unpaired) electrons. The first-order valence-electron chi connectivity index (χ1n) is 6.52. The van der Waals surface area contributed by atoms with Crippen molar-refractivity contribution in [2.75, 3.05) is 11.9 Å². The highest BCUT2D eigenvalue weighted by molar-refractivity contribution is 5.61. The zero-order chi connectivity index (χ0) is 14.2. The normalized spacial score (nSPS) is 23.4. The minimum absolute atomic E-state index is 0.0303. The summed E-state index contributed by atoms with van der Waals surface area (Å²) in [5.41, 5.74) is 0.433. The van der Waals surface area contributed by atoms with E-state index in [0.717, 1.165) is 25.7 Å². The van der Waals surface area contributed by atoms with Crippen molar-refractivity contribution in [1.29, 1.82) is 0 Å². The molecule has 0 saturated heterocycles. The van der Waals surface area contributed by atoms with E-state index in [1.807, 2.05) is 4.90 Å². The Kier molecular flexibility index (Phi) is 3.75. The van der Waals surface area contributed by atoms with Gasteiger partial charge in [-0.15, -0.1) is 0 Å². The molecule has 1 fully saturated rings. The maximum Gasteiger partial charge on any atom is 0.333 e. The third kappa shape index (κ3) is 2.42. The third-order valence-corrected chi connectivity index (χ3v) is 3.87. The summed E-state index contributed by atoms with van der Waals surface area (Å²) in [6, 6.07) is -0.0813. The fourth-order valence-corrected chi connectivity index (χ4v) is 2.94. The van der Waals surface area contributed by atoms with Crippen LogP contribution in [-0.4, -0.2) is 39.0 Å². The van der Waals surface area contributed by atoms with Gasteiger partial charge in [0.25, 0.3) is 0 Å². The lowest BCUT2D eigenvalue weighted by atomic mass is 9.91. The van der Waals surface area contributed by atoms with Crippen LogP contribution in [-0.2, 0) is 7.05 Å². The number of nitrogens with zero attached hydrogens (tertiary/aromatic N) is 4. The molecule has 1 aromatic heterocycles. The van der Waals surface area contributed by atoms with E-state index in [1.54, 1.807) is 21.0 Å². The number of likely N-dealkylation sites (N-methyl/N-ethyl adjacent to an activating group) is 1. The Labute approximate surface area is 112 Å². The Hall–Kier alpha value is -1.63. The van der Waals surface area contributed by atoms with Crippen LogP contribution in [0.3, 0.4) is 0 Å². The Bertz CT molecular complexity index is 486. The monoisotopic (exact) mass is 268 g/mol. The molecule has 0 bridgehead atoms. The van der Waals surface area contributed by atoms with Crippen LogP contribution < -0.4 is 4.90 Å². The fraction of sp³-hybridized carbons (Fsp3) is 0.750. The van der Waals surface area contributed by atoms with Crippen molar-refractivity contribution < 1.29 is 10.0 Å². The molecule has 1 aliphatic rings. The highest BCUT2D eigenvalue weighted by Crippen LogP contribution is 2.34. The highest BCUT2D eigenvalue weighted by Gasteiger charge is 2.34. The largest absolute Gasteiger partial charge is 0.391 e. The van der Waals surface area contributed by atoms with Gasteiger partial charge in [-0.05, 0) is 19.8 Å². The first-order valence-corrected chi connectivity index (χ1v) is 6.52. The van der Waals surface area contributed by atoms with Gasteiger partial charge in [0.1, 0.15) is 5.69 Å². The van der Waals surface area contributed by atoms with Crippen LogP contribution in [0.5, 0.6) is 0 Å². The van der Waals surface area contributed by atoms with Gasteiger partial charge in [-0.3, -0.25) is 10.1 Å². The average molecular weight is 268 g/mol. The maximum atomic E-state index is 11.2. The molecule has 106 valence electrons. The molecule has 0 aromatic carbocycles. The summed E-state index contributed by atoms with van der Waals surface area (Å²) in [7, 11) is 3.49. The SMILES string of the molecule is Cc1nn(C)c(N(C)C2CCCCC2O)c1[N+](=O)[O-]. The number of nitro groups is 1. The molecule has 0 aliphatic heterocycles. The first kappa shape index (κ1) is 13.8. The van der Waals surface area contributed by atoms with E-state index in [2.05, 4.69) is 5.10 Å². The Balaban J connectivity index is 2.37. The minimum Gasteiger partial charge on any atom is -0.391 e. The summed E-state index contributed by atoms with van der Waals surface area (Å²) in [5.74, 6) is 0.466. The number of aliphatic hydroxyl groups is 1. The molecule has 0 spiro atoms. The third-order valence-electron chi connectivity index (χ3n) is 3.87. The lowest BCUT2D eigenvalue weighted by Gasteiger charge is -2.35. The van der Waals surface area contributed by atoms with Crippen LogP contribution >= 0.6 is 0 Å².